The van der Waals surface area contributed by atoms with E-state index in [0.29, 0.717) is 6.42 Å². The minimum Gasteiger partial charge on any atom is -0.495 e. The SMILES string of the molecule is COc1ccccc1N1CCN(CCC(C#N)(c2ccccc2)c2ccccn2)CC1. The number of methoxy groups -OCH3 is 1. The molecule has 1 saturated heterocycles. The number of piperazine rings is 1. The van der Waals surface area contributed by atoms with Crippen molar-refractivity contribution in [2.24, 2.45) is 0 Å². The molecule has 0 amide bonds. The minimum absolute atomic E-state index is 0.708. The van der Waals surface area contributed by atoms with Crippen LogP contribution in [-0.2, 0) is 5.41 Å². The van der Waals surface area contributed by atoms with Gasteiger partial charge in [0.15, 0.2) is 0 Å². The fraction of sp³-hybridized carbons (Fsp3) is 0.308. The zero-order valence-corrected chi connectivity index (χ0v) is 17.9. The van der Waals surface area contributed by atoms with E-state index in [1.165, 1.54) is 0 Å². The Morgan fingerprint density at radius 3 is 2.32 bits per heavy atom. The molecule has 1 atom stereocenters. The molecule has 1 aliphatic heterocycles. The van der Waals surface area contributed by atoms with Crippen LogP contribution in [0.1, 0.15) is 17.7 Å². The van der Waals surface area contributed by atoms with Gasteiger partial charge in [-0.15, -0.1) is 0 Å². The number of ether oxygens (including phenoxy) is 1. The average molecular weight is 413 g/mol. The van der Waals surface area contributed by atoms with E-state index < -0.39 is 5.41 Å². The van der Waals surface area contributed by atoms with Crippen molar-refractivity contribution in [2.45, 2.75) is 11.8 Å². The van der Waals surface area contributed by atoms with E-state index in [-0.39, 0.29) is 0 Å². The lowest BCUT2D eigenvalue weighted by Gasteiger charge is -2.38. The van der Waals surface area contributed by atoms with Gasteiger partial charge in [0.25, 0.3) is 0 Å². The Morgan fingerprint density at radius 2 is 1.65 bits per heavy atom. The van der Waals surface area contributed by atoms with Gasteiger partial charge in [0.05, 0.1) is 24.6 Å². The molecule has 0 saturated carbocycles. The Kier molecular flexibility index (Phi) is 6.49. The van der Waals surface area contributed by atoms with Crippen LogP contribution in [0.3, 0.4) is 0 Å². The topological polar surface area (TPSA) is 52.4 Å². The molecule has 1 unspecified atom stereocenters. The molecule has 0 aliphatic carbocycles. The number of rotatable bonds is 7. The Balaban J connectivity index is 1.47. The van der Waals surface area contributed by atoms with Crippen LogP contribution < -0.4 is 9.64 Å². The van der Waals surface area contributed by atoms with Crippen molar-refractivity contribution in [2.75, 3.05) is 44.7 Å². The van der Waals surface area contributed by atoms with Gasteiger partial charge in [0.2, 0.25) is 0 Å². The van der Waals surface area contributed by atoms with Crippen LogP contribution in [0.15, 0.2) is 79.0 Å². The third-order valence-corrected chi connectivity index (χ3v) is 6.16. The average Bonchev–Trinajstić information content (AvgIpc) is 2.86. The lowest BCUT2D eigenvalue weighted by atomic mass is 9.75. The highest BCUT2D eigenvalue weighted by Crippen LogP contribution is 2.34. The standard InChI is InChI=1S/C26H28N4O/c1-31-24-12-6-5-11-23(24)30-19-17-29(18-20-30)16-14-26(21-27,22-9-3-2-4-10-22)25-13-7-8-15-28-25/h2-13,15H,14,16-20H2,1H3. The highest BCUT2D eigenvalue weighted by molar-refractivity contribution is 5.58. The molecule has 4 rings (SSSR count). The molecule has 1 fully saturated rings. The van der Waals surface area contributed by atoms with Crippen molar-refractivity contribution in [1.29, 1.82) is 5.26 Å². The number of anilines is 1. The Labute approximate surface area is 184 Å². The first-order valence-electron chi connectivity index (χ1n) is 10.8. The van der Waals surface area contributed by atoms with Gasteiger partial charge in [-0.25, -0.2) is 0 Å². The summed E-state index contributed by atoms with van der Waals surface area (Å²) >= 11 is 0. The monoisotopic (exact) mass is 412 g/mol. The fourth-order valence-electron chi connectivity index (χ4n) is 4.37. The van der Waals surface area contributed by atoms with E-state index in [9.17, 15) is 5.26 Å². The summed E-state index contributed by atoms with van der Waals surface area (Å²) in [7, 11) is 1.72. The number of para-hydroxylation sites is 2. The van der Waals surface area contributed by atoms with Crippen molar-refractivity contribution < 1.29 is 4.74 Å². The molecule has 3 aromatic rings. The van der Waals surface area contributed by atoms with Crippen LogP contribution in [0.2, 0.25) is 0 Å². The number of pyridine rings is 1. The molecule has 0 bridgehead atoms. The normalized spacial score (nSPS) is 16.3. The van der Waals surface area contributed by atoms with Gasteiger partial charge >= 0.3 is 0 Å². The molecular formula is C26H28N4O. The predicted molar refractivity (Wildman–Crippen MR) is 123 cm³/mol. The Hall–Kier alpha value is -3.36. The van der Waals surface area contributed by atoms with E-state index in [1.807, 2.05) is 60.7 Å². The maximum absolute atomic E-state index is 10.3. The molecule has 31 heavy (non-hydrogen) atoms. The summed E-state index contributed by atoms with van der Waals surface area (Å²) in [5, 5.41) is 10.3. The largest absolute Gasteiger partial charge is 0.495 e. The lowest BCUT2D eigenvalue weighted by molar-refractivity contribution is 0.243. The van der Waals surface area contributed by atoms with Crippen molar-refractivity contribution in [3.63, 3.8) is 0 Å². The second-order valence-corrected chi connectivity index (χ2v) is 7.85. The highest BCUT2D eigenvalue weighted by atomic mass is 16.5. The van der Waals surface area contributed by atoms with Gasteiger partial charge in [-0.1, -0.05) is 48.5 Å². The van der Waals surface area contributed by atoms with Crippen molar-refractivity contribution in [3.05, 3.63) is 90.3 Å². The number of aromatic nitrogens is 1. The number of hydrogen-bond donors (Lipinski definition) is 0. The Bertz CT molecular complexity index is 969. The van der Waals surface area contributed by atoms with Gasteiger partial charge in [-0.3, -0.25) is 9.88 Å². The second kappa shape index (κ2) is 9.63. The van der Waals surface area contributed by atoms with E-state index in [4.69, 9.17) is 4.74 Å². The molecule has 158 valence electrons. The summed E-state index contributed by atoms with van der Waals surface area (Å²) in [5.74, 6) is 0.915. The van der Waals surface area contributed by atoms with E-state index in [2.05, 4.69) is 33.0 Å². The zero-order valence-electron chi connectivity index (χ0n) is 17.9. The summed E-state index contributed by atoms with van der Waals surface area (Å²) in [5.41, 5.74) is 2.22. The van der Waals surface area contributed by atoms with Crippen molar-refractivity contribution >= 4 is 5.69 Å². The van der Waals surface area contributed by atoms with E-state index >= 15 is 0 Å². The third-order valence-electron chi connectivity index (χ3n) is 6.16. The number of nitriles is 1. The predicted octanol–water partition coefficient (Wildman–Crippen LogP) is 4.11. The molecule has 1 aromatic heterocycles. The van der Waals surface area contributed by atoms with E-state index in [1.54, 1.807) is 13.3 Å². The summed E-state index contributed by atoms with van der Waals surface area (Å²) in [6.07, 6.45) is 2.48. The van der Waals surface area contributed by atoms with Crippen LogP contribution in [0, 0.1) is 11.3 Å². The van der Waals surface area contributed by atoms with Crippen LogP contribution in [-0.4, -0.2) is 49.7 Å². The molecular weight excluding hydrogens is 384 g/mol. The first kappa shape index (κ1) is 20.9. The van der Waals surface area contributed by atoms with Crippen LogP contribution in [0.4, 0.5) is 5.69 Å². The van der Waals surface area contributed by atoms with Crippen molar-refractivity contribution in [3.8, 4) is 11.8 Å². The molecule has 5 heteroatoms. The molecule has 5 nitrogen and oxygen atoms in total. The van der Waals surface area contributed by atoms with Gasteiger partial charge in [-0.2, -0.15) is 5.26 Å². The van der Waals surface area contributed by atoms with Crippen molar-refractivity contribution in [1.82, 2.24) is 9.88 Å². The second-order valence-electron chi connectivity index (χ2n) is 7.85. The zero-order chi connectivity index (χ0) is 21.5. The quantitative estimate of drug-likeness (QED) is 0.584. The van der Waals surface area contributed by atoms with Gasteiger partial charge in [0, 0.05) is 38.9 Å². The summed E-state index contributed by atoms with van der Waals surface area (Å²) in [4.78, 5) is 9.40. The van der Waals surface area contributed by atoms with Gasteiger partial charge in [-0.05, 0) is 36.2 Å². The lowest BCUT2D eigenvalue weighted by Crippen LogP contribution is -2.47. The maximum Gasteiger partial charge on any atom is 0.142 e. The van der Waals surface area contributed by atoms with E-state index in [0.717, 1.165) is 55.4 Å². The third kappa shape index (κ3) is 4.40. The van der Waals surface area contributed by atoms with Gasteiger partial charge in [0.1, 0.15) is 11.2 Å². The molecule has 0 spiro atoms. The molecule has 0 N–H and O–H groups in total. The summed E-state index contributed by atoms with van der Waals surface area (Å²) < 4.78 is 5.53. The first-order valence-corrected chi connectivity index (χ1v) is 10.8. The minimum atomic E-state index is -0.748. The number of benzene rings is 2. The highest BCUT2D eigenvalue weighted by Gasteiger charge is 2.36. The van der Waals surface area contributed by atoms with Crippen LogP contribution in [0.25, 0.3) is 0 Å². The summed E-state index contributed by atoms with van der Waals surface area (Å²) in [6, 6.07) is 26.7. The number of nitrogens with zero attached hydrogens (tertiary/aromatic N) is 4. The fourth-order valence-corrected chi connectivity index (χ4v) is 4.37. The summed E-state index contributed by atoms with van der Waals surface area (Å²) in [6.45, 7) is 4.63. The molecule has 2 aromatic carbocycles. The van der Waals surface area contributed by atoms with Gasteiger partial charge < -0.3 is 9.64 Å². The smallest absolute Gasteiger partial charge is 0.142 e. The number of hydrogen-bond acceptors (Lipinski definition) is 5. The molecule has 1 aliphatic rings. The first-order chi connectivity index (χ1) is 15.3. The maximum atomic E-state index is 10.3. The molecule has 2 heterocycles. The Morgan fingerprint density at radius 1 is 0.935 bits per heavy atom. The van der Waals surface area contributed by atoms with Crippen LogP contribution >= 0.6 is 0 Å². The molecule has 0 radical (unpaired) electrons. The van der Waals surface area contributed by atoms with Crippen LogP contribution in [0.5, 0.6) is 5.75 Å².